The molecule has 2 atom stereocenters. The molecule has 258 valence electrons. The van der Waals surface area contributed by atoms with Crippen LogP contribution in [0.3, 0.4) is 0 Å². The number of fused-ring (bicyclic) bond motifs is 2. The van der Waals surface area contributed by atoms with Crippen molar-refractivity contribution < 1.29 is 29.0 Å². The Bertz CT molecular complexity index is 2000. The van der Waals surface area contributed by atoms with E-state index in [0.717, 1.165) is 22.0 Å². The number of hydrogen-bond acceptors (Lipinski definition) is 9. The average molecular weight is 686 g/mol. The number of carbonyl (C=O) groups excluding carboxylic acids is 2. The fourth-order valence-electron chi connectivity index (χ4n) is 6.15. The molecule has 2 unspecified atom stereocenters. The number of halogens is 1. The number of aryl methyl sites for hydroxylation is 1. The van der Waals surface area contributed by atoms with Crippen LogP contribution in [0, 0.1) is 5.92 Å². The first kappa shape index (κ1) is 34.5. The summed E-state index contributed by atoms with van der Waals surface area (Å²) in [4.78, 5) is 69.7. The number of benzene rings is 1. The van der Waals surface area contributed by atoms with E-state index in [1.807, 2.05) is 0 Å². The normalized spacial score (nSPS) is 16.6. The van der Waals surface area contributed by atoms with Gasteiger partial charge in [0.25, 0.3) is 5.56 Å². The second kappa shape index (κ2) is 13.7. The Morgan fingerprint density at radius 1 is 1.15 bits per heavy atom. The van der Waals surface area contributed by atoms with Crippen LogP contribution >= 0.6 is 11.6 Å². The molecule has 0 radical (unpaired) electrons. The predicted molar refractivity (Wildman–Crippen MR) is 179 cm³/mol. The fraction of sp³-hybridized carbons (Fsp3) is 0.500. The number of aromatic nitrogens is 5. The van der Waals surface area contributed by atoms with Gasteiger partial charge in [-0.3, -0.25) is 18.7 Å². The first-order valence-corrected chi connectivity index (χ1v) is 16.2. The van der Waals surface area contributed by atoms with Gasteiger partial charge in [0, 0.05) is 36.6 Å². The maximum atomic E-state index is 14.2. The number of esters is 1. The first-order chi connectivity index (χ1) is 22.7. The molecule has 1 aromatic carbocycles. The van der Waals surface area contributed by atoms with Crippen LogP contribution in [0.1, 0.15) is 59.1 Å². The van der Waals surface area contributed by atoms with Gasteiger partial charge in [-0.1, -0.05) is 24.1 Å². The van der Waals surface area contributed by atoms with E-state index >= 15 is 0 Å². The average Bonchev–Trinajstić information content (AvgIpc) is 3.57. The zero-order valence-corrected chi connectivity index (χ0v) is 28.3. The summed E-state index contributed by atoms with van der Waals surface area (Å²) >= 11 is 6.34. The summed E-state index contributed by atoms with van der Waals surface area (Å²) in [5.74, 6) is -0.273. The molecule has 4 aromatic rings. The van der Waals surface area contributed by atoms with Gasteiger partial charge in [0.1, 0.15) is 5.60 Å². The Morgan fingerprint density at radius 2 is 1.90 bits per heavy atom. The van der Waals surface area contributed by atoms with Gasteiger partial charge in [0.15, 0.2) is 11.2 Å². The van der Waals surface area contributed by atoms with E-state index < -0.39 is 29.0 Å². The third kappa shape index (κ3) is 7.05. The second-order valence-electron chi connectivity index (χ2n) is 12.8. The topological polar surface area (TPSA) is 181 Å². The molecule has 3 aromatic heterocycles. The molecule has 0 aliphatic heterocycles. The molecule has 1 aliphatic rings. The number of nitrogens with one attached hydrogen (secondary N) is 2. The van der Waals surface area contributed by atoms with E-state index in [4.69, 9.17) is 21.1 Å². The number of carbonyl (C=O) groups is 3. The summed E-state index contributed by atoms with van der Waals surface area (Å²) in [6.07, 6.45) is 0.756. The van der Waals surface area contributed by atoms with E-state index in [2.05, 4.69) is 15.6 Å². The molecule has 1 saturated carbocycles. The Morgan fingerprint density at radius 3 is 2.58 bits per heavy atom. The quantitative estimate of drug-likeness (QED) is 0.217. The molecule has 48 heavy (non-hydrogen) atoms. The lowest BCUT2D eigenvalue weighted by molar-refractivity contribution is -0.149. The number of hydrogen-bond donors (Lipinski definition) is 3. The summed E-state index contributed by atoms with van der Waals surface area (Å²) in [6, 6.07) is 6.19. The molecule has 0 saturated heterocycles. The molecule has 16 heteroatoms. The van der Waals surface area contributed by atoms with Crippen molar-refractivity contribution >= 4 is 57.8 Å². The van der Waals surface area contributed by atoms with Crippen LogP contribution in [-0.4, -0.2) is 71.3 Å². The Balaban J connectivity index is 1.57. The summed E-state index contributed by atoms with van der Waals surface area (Å²) in [7, 11) is 1.47. The van der Waals surface area contributed by atoms with Gasteiger partial charge in [-0.25, -0.2) is 19.0 Å². The number of alkyl carbamates (subject to hydrolysis) is 1. The maximum Gasteiger partial charge on any atom is 0.416 e. The number of anilines is 1. The van der Waals surface area contributed by atoms with Crippen LogP contribution in [0.5, 0.6) is 0 Å². The Hall–Kier alpha value is -4.79. The Labute approximate surface area is 280 Å². The molecule has 3 N–H and O–H groups in total. The molecule has 15 nitrogen and oxygen atoms in total. The molecule has 0 bridgehead atoms. The largest absolute Gasteiger partial charge is 0.466 e. The van der Waals surface area contributed by atoms with E-state index in [1.165, 1.54) is 11.6 Å². The van der Waals surface area contributed by atoms with E-state index in [1.54, 1.807) is 56.5 Å². The third-order valence-corrected chi connectivity index (χ3v) is 8.57. The zero-order chi connectivity index (χ0) is 34.9. The van der Waals surface area contributed by atoms with Crippen LogP contribution in [0.25, 0.3) is 22.1 Å². The highest BCUT2D eigenvalue weighted by molar-refractivity contribution is 6.35. The fourth-order valence-corrected chi connectivity index (χ4v) is 6.38. The summed E-state index contributed by atoms with van der Waals surface area (Å²) in [5.41, 5.74) is -1.48. The highest BCUT2D eigenvalue weighted by atomic mass is 35.5. The number of imidazole rings is 1. The van der Waals surface area contributed by atoms with Crippen LogP contribution in [0.2, 0.25) is 5.02 Å². The van der Waals surface area contributed by atoms with Crippen LogP contribution in [0.4, 0.5) is 15.5 Å². The minimum absolute atomic E-state index is 0.0548. The van der Waals surface area contributed by atoms with Crippen LogP contribution < -0.4 is 21.9 Å². The standard InChI is InChI=1S/C32H40ClN7O8/c1-6-47-27(42)18-9-7-10-19(15-18)35-28-36-25-24(38(28)14-13-34-29(43)48-32(2,3)4)26(41)39(30(44)37(25)5)17-20-16-21-22(33)11-8-12-23(21)40(20)31(45)46/h8,11-12,16,18-19H,6-7,9-10,13-15,17H2,1-5H3,(H,34,43)(H,35,36)(H,45,46). The smallest absolute Gasteiger partial charge is 0.416 e. The van der Waals surface area contributed by atoms with Crippen molar-refractivity contribution in [3.63, 3.8) is 0 Å². The van der Waals surface area contributed by atoms with Crippen molar-refractivity contribution in [1.82, 2.24) is 28.6 Å². The molecule has 1 fully saturated rings. The van der Waals surface area contributed by atoms with Crippen molar-refractivity contribution in [1.29, 1.82) is 0 Å². The van der Waals surface area contributed by atoms with E-state index in [0.29, 0.717) is 28.8 Å². The third-order valence-electron chi connectivity index (χ3n) is 8.24. The zero-order valence-electron chi connectivity index (χ0n) is 27.5. The molecular formula is C32H40ClN7O8. The highest BCUT2D eigenvalue weighted by Crippen LogP contribution is 2.29. The van der Waals surface area contributed by atoms with Crippen molar-refractivity contribution in [2.75, 3.05) is 18.5 Å². The maximum absolute atomic E-state index is 14.2. The van der Waals surface area contributed by atoms with Crippen LogP contribution in [-0.2, 0) is 34.4 Å². The highest BCUT2D eigenvalue weighted by Gasteiger charge is 2.30. The van der Waals surface area contributed by atoms with Gasteiger partial charge in [-0.05, 0) is 65.2 Å². The molecule has 1 aliphatic carbocycles. The first-order valence-electron chi connectivity index (χ1n) is 15.8. The molecule has 5 rings (SSSR count). The number of amides is 1. The van der Waals surface area contributed by atoms with E-state index in [9.17, 15) is 29.1 Å². The van der Waals surface area contributed by atoms with Gasteiger partial charge in [0.2, 0.25) is 5.95 Å². The van der Waals surface area contributed by atoms with Gasteiger partial charge in [-0.15, -0.1) is 0 Å². The number of ether oxygens (including phenoxy) is 2. The van der Waals surface area contributed by atoms with Crippen molar-refractivity contribution in [2.45, 2.75) is 78.1 Å². The van der Waals surface area contributed by atoms with Crippen molar-refractivity contribution in [2.24, 2.45) is 13.0 Å². The second-order valence-corrected chi connectivity index (χ2v) is 13.2. The van der Waals surface area contributed by atoms with Crippen molar-refractivity contribution in [3.8, 4) is 0 Å². The van der Waals surface area contributed by atoms with Gasteiger partial charge < -0.3 is 29.8 Å². The number of carboxylic acid groups (broad SMARTS) is 1. The number of rotatable bonds is 9. The molecule has 0 spiro atoms. The van der Waals surface area contributed by atoms with E-state index in [-0.39, 0.29) is 67.0 Å². The van der Waals surface area contributed by atoms with Gasteiger partial charge in [0.05, 0.1) is 30.3 Å². The van der Waals surface area contributed by atoms with Crippen molar-refractivity contribution in [3.05, 3.63) is 55.8 Å². The molecular weight excluding hydrogens is 646 g/mol. The molecule has 1 amide bonds. The monoisotopic (exact) mass is 685 g/mol. The van der Waals surface area contributed by atoms with Crippen LogP contribution in [0.15, 0.2) is 33.9 Å². The lowest BCUT2D eigenvalue weighted by Gasteiger charge is -2.29. The number of nitrogens with zero attached hydrogens (tertiary/aromatic N) is 5. The minimum Gasteiger partial charge on any atom is -0.466 e. The minimum atomic E-state index is -1.30. The SMILES string of the molecule is CCOC(=O)C1CCCC(Nc2nc3c(c(=O)n(Cc4cc5c(Cl)cccc5n4C(=O)O)c(=O)n3C)n2CCNC(=O)OC(C)(C)C)C1. The summed E-state index contributed by atoms with van der Waals surface area (Å²) < 4.78 is 15.4. The lowest BCUT2D eigenvalue weighted by atomic mass is 9.86. The summed E-state index contributed by atoms with van der Waals surface area (Å²) in [5, 5.41) is 16.9. The lowest BCUT2D eigenvalue weighted by Crippen LogP contribution is -2.41. The predicted octanol–water partition coefficient (Wildman–Crippen LogP) is 4.14. The molecule has 3 heterocycles. The Kier molecular flexibility index (Phi) is 9.89. The summed E-state index contributed by atoms with van der Waals surface area (Å²) in [6.45, 7) is 7.04. The van der Waals surface area contributed by atoms with Gasteiger partial charge >= 0.3 is 23.8 Å². The van der Waals surface area contributed by atoms with Gasteiger partial charge in [-0.2, -0.15) is 4.98 Å².